The van der Waals surface area contributed by atoms with Crippen LogP contribution in [0.1, 0.15) is 32.1 Å². The van der Waals surface area contributed by atoms with Crippen molar-refractivity contribution in [2.45, 2.75) is 32.1 Å². The van der Waals surface area contributed by atoms with E-state index in [4.69, 9.17) is 0 Å². The fraction of sp³-hybridized carbons (Fsp3) is 0.882. The van der Waals surface area contributed by atoms with Gasteiger partial charge in [0.15, 0.2) is 0 Å². The highest BCUT2D eigenvalue weighted by Gasteiger charge is 2.56. The summed E-state index contributed by atoms with van der Waals surface area (Å²) in [7, 11) is 4.25. The quantitative estimate of drug-likeness (QED) is 0.736. The second-order valence-corrected chi connectivity index (χ2v) is 7.49. The summed E-state index contributed by atoms with van der Waals surface area (Å²) in [6.07, 6.45) is 4.25. The van der Waals surface area contributed by atoms with Gasteiger partial charge in [0, 0.05) is 45.6 Å². The molecule has 5 nitrogen and oxygen atoms in total. The van der Waals surface area contributed by atoms with E-state index in [0.29, 0.717) is 18.7 Å². The van der Waals surface area contributed by atoms with Crippen molar-refractivity contribution >= 4 is 11.8 Å². The van der Waals surface area contributed by atoms with Gasteiger partial charge in [0.2, 0.25) is 11.8 Å². The van der Waals surface area contributed by atoms with E-state index in [1.807, 2.05) is 4.90 Å². The summed E-state index contributed by atoms with van der Waals surface area (Å²) in [5, 5.41) is 0. The number of likely N-dealkylation sites (tertiary alicyclic amines) is 2. The predicted molar refractivity (Wildman–Crippen MR) is 85.3 cm³/mol. The molecule has 0 aromatic carbocycles. The second-order valence-electron chi connectivity index (χ2n) is 7.49. The maximum absolute atomic E-state index is 12.3. The molecule has 3 atom stereocenters. The van der Waals surface area contributed by atoms with Gasteiger partial charge < -0.3 is 14.7 Å². The standard InChI is InChI=1S/C17H29N3O2/c1-18(2)10-13-14-11-20(12-15(13)14)17(22)7-5-9-19-8-4-3-6-16(19)21/h13-15H,3-12H2,1-2H3/t13?,14-,15+. The molecule has 3 fully saturated rings. The Morgan fingerprint density at radius 2 is 1.95 bits per heavy atom. The number of carbonyl (C=O) groups excluding carboxylic acids is 2. The molecule has 0 N–H and O–H groups in total. The van der Waals surface area contributed by atoms with Crippen molar-refractivity contribution < 1.29 is 9.59 Å². The Labute approximate surface area is 133 Å². The first-order chi connectivity index (χ1) is 10.6. The molecule has 0 spiro atoms. The molecule has 5 heteroatoms. The van der Waals surface area contributed by atoms with Gasteiger partial charge in [-0.1, -0.05) is 0 Å². The van der Waals surface area contributed by atoms with E-state index in [0.717, 1.165) is 69.7 Å². The molecule has 2 aliphatic heterocycles. The summed E-state index contributed by atoms with van der Waals surface area (Å²) in [5.41, 5.74) is 0. The zero-order valence-corrected chi connectivity index (χ0v) is 14.0. The van der Waals surface area contributed by atoms with E-state index in [9.17, 15) is 9.59 Å². The Kier molecular flexibility index (Phi) is 4.71. The number of fused-ring (bicyclic) bond motifs is 1. The molecule has 2 saturated heterocycles. The van der Waals surface area contributed by atoms with Crippen LogP contribution >= 0.6 is 0 Å². The molecule has 2 amide bonds. The smallest absolute Gasteiger partial charge is 0.222 e. The molecule has 0 bridgehead atoms. The molecule has 1 saturated carbocycles. The van der Waals surface area contributed by atoms with Gasteiger partial charge in [-0.3, -0.25) is 9.59 Å². The zero-order valence-electron chi connectivity index (χ0n) is 14.0. The van der Waals surface area contributed by atoms with E-state index in [-0.39, 0.29) is 5.91 Å². The van der Waals surface area contributed by atoms with Crippen molar-refractivity contribution in [1.29, 1.82) is 0 Å². The van der Waals surface area contributed by atoms with E-state index >= 15 is 0 Å². The van der Waals surface area contributed by atoms with Gasteiger partial charge in [-0.2, -0.15) is 0 Å². The van der Waals surface area contributed by atoms with Crippen LogP contribution in [0.15, 0.2) is 0 Å². The number of amides is 2. The van der Waals surface area contributed by atoms with Crippen molar-refractivity contribution in [3.8, 4) is 0 Å². The third-order valence-electron chi connectivity index (χ3n) is 5.54. The maximum atomic E-state index is 12.3. The molecule has 0 aromatic rings. The summed E-state index contributed by atoms with van der Waals surface area (Å²) in [5.74, 6) is 2.86. The van der Waals surface area contributed by atoms with Gasteiger partial charge in [-0.25, -0.2) is 0 Å². The summed E-state index contributed by atoms with van der Waals surface area (Å²) < 4.78 is 0. The largest absolute Gasteiger partial charge is 0.343 e. The fourth-order valence-corrected chi connectivity index (χ4v) is 4.22. The molecule has 22 heavy (non-hydrogen) atoms. The minimum Gasteiger partial charge on any atom is -0.343 e. The average Bonchev–Trinajstić information content (AvgIpc) is 2.93. The van der Waals surface area contributed by atoms with Crippen molar-refractivity contribution in [1.82, 2.24) is 14.7 Å². The van der Waals surface area contributed by atoms with Crippen LogP contribution in [0.25, 0.3) is 0 Å². The van der Waals surface area contributed by atoms with Crippen molar-refractivity contribution in [3.63, 3.8) is 0 Å². The average molecular weight is 307 g/mol. The highest BCUT2D eigenvalue weighted by atomic mass is 16.2. The highest BCUT2D eigenvalue weighted by molar-refractivity contribution is 5.78. The Morgan fingerprint density at radius 1 is 1.23 bits per heavy atom. The number of nitrogens with zero attached hydrogens (tertiary/aromatic N) is 3. The van der Waals surface area contributed by atoms with Gasteiger partial charge in [0.05, 0.1) is 0 Å². The first kappa shape index (κ1) is 15.8. The van der Waals surface area contributed by atoms with Crippen LogP contribution in [0, 0.1) is 17.8 Å². The molecule has 124 valence electrons. The topological polar surface area (TPSA) is 43.9 Å². The lowest BCUT2D eigenvalue weighted by Crippen LogP contribution is -2.37. The number of carbonyl (C=O) groups is 2. The first-order valence-corrected chi connectivity index (χ1v) is 8.76. The zero-order chi connectivity index (χ0) is 15.7. The summed E-state index contributed by atoms with van der Waals surface area (Å²) in [6.45, 7) is 4.73. The molecule has 2 heterocycles. The molecule has 3 rings (SSSR count). The lowest BCUT2D eigenvalue weighted by atomic mass is 10.1. The maximum Gasteiger partial charge on any atom is 0.222 e. The van der Waals surface area contributed by atoms with Crippen molar-refractivity contribution in [3.05, 3.63) is 0 Å². The molecule has 0 radical (unpaired) electrons. The Hall–Kier alpha value is -1.10. The molecule has 3 aliphatic rings. The predicted octanol–water partition coefficient (Wildman–Crippen LogP) is 1.05. The lowest BCUT2D eigenvalue weighted by Gasteiger charge is -2.27. The summed E-state index contributed by atoms with van der Waals surface area (Å²) in [6, 6.07) is 0. The summed E-state index contributed by atoms with van der Waals surface area (Å²) in [4.78, 5) is 30.2. The number of hydrogen-bond donors (Lipinski definition) is 0. The Morgan fingerprint density at radius 3 is 2.59 bits per heavy atom. The van der Waals surface area contributed by atoms with Crippen molar-refractivity contribution in [2.75, 3.05) is 46.8 Å². The molecule has 1 aliphatic carbocycles. The van der Waals surface area contributed by atoms with Crippen LogP contribution in [-0.2, 0) is 9.59 Å². The highest BCUT2D eigenvalue weighted by Crippen LogP contribution is 2.51. The van der Waals surface area contributed by atoms with Gasteiger partial charge in [-0.15, -0.1) is 0 Å². The van der Waals surface area contributed by atoms with Gasteiger partial charge in [-0.05, 0) is 51.1 Å². The third kappa shape index (κ3) is 3.45. The Bertz CT molecular complexity index is 426. The Balaban J connectivity index is 1.33. The van der Waals surface area contributed by atoms with E-state index in [1.54, 1.807) is 0 Å². The normalized spacial score (nSPS) is 30.9. The number of rotatable bonds is 6. The molecule has 1 unspecified atom stereocenters. The van der Waals surface area contributed by atoms with Crippen LogP contribution < -0.4 is 0 Å². The van der Waals surface area contributed by atoms with Crippen LogP contribution in [0.3, 0.4) is 0 Å². The fourth-order valence-electron chi connectivity index (χ4n) is 4.22. The number of hydrogen-bond acceptors (Lipinski definition) is 3. The SMILES string of the molecule is CN(C)CC1[C@H]2CN(C(=O)CCCN3CCCCC3=O)C[C@@H]12. The summed E-state index contributed by atoms with van der Waals surface area (Å²) >= 11 is 0. The van der Waals surface area contributed by atoms with E-state index < -0.39 is 0 Å². The van der Waals surface area contributed by atoms with Gasteiger partial charge in [0.1, 0.15) is 0 Å². The minimum atomic E-state index is 0.271. The molecular formula is C17H29N3O2. The van der Waals surface area contributed by atoms with Crippen LogP contribution in [0.2, 0.25) is 0 Å². The monoisotopic (exact) mass is 307 g/mol. The van der Waals surface area contributed by atoms with Crippen molar-refractivity contribution in [2.24, 2.45) is 17.8 Å². The van der Waals surface area contributed by atoms with Gasteiger partial charge in [0.25, 0.3) is 0 Å². The molecule has 0 aromatic heterocycles. The lowest BCUT2D eigenvalue weighted by molar-refractivity contribution is -0.135. The van der Waals surface area contributed by atoms with Gasteiger partial charge >= 0.3 is 0 Å². The van der Waals surface area contributed by atoms with E-state index in [2.05, 4.69) is 23.9 Å². The van der Waals surface area contributed by atoms with Crippen LogP contribution in [0.4, 0.5) is 0 Å². The number of piperidine rings is 2. The molecular weight excluding hydrogens is 278 g/mol. The second kappa shape index (κ2) is 6.57. The first-order valence-electron chi connectivity index (χ1n) is 8.76. The van der Waals surface area contributed by atoms with Crippen LogP contribution in [0.5, 0.6) is 0 Å². The minimum absolute atomic E-state index is 0.271. The van der Waals surface area contributed by atoms with Crippen LogP contribution in [-0.4, -0.2) is 73.3 Å². The third-order valence-corrected chi connectivity index (χ3v) is 5.54. The van der Waals surface area contributed by atoms with E-state index in [1.165, 1.54) is 0 Å².